The molecule has 3 aromatic heterocycles. The Balaban J connectivity index is 1.70. The first-order valence-electron chi connectivity index (χ1n) is 8.41. The Labute approximate surface area is 146 Å². The molecule has 0 fully saturated rings. The number of nitrogens with one attached hydrogen (secondary N) is 1. The lowest BCUT2D eigenvalue weighted by atomic mass is 10.2. The van der Waals surface area contributed by atoms with Crippen molar-refractivity contribution in [2.24, 2.45) is 0 Å². The molecule has 0 unspecified atom stereocenters. The third-order valence-corrected chi connectivity index (χ3v) is 4.15. The van der Waals surface area contributed by atoms with Crippen LogP contribution in [-0.4, -0.2) is 35.2 Å². The molecule has 0 aromatic carbocycles. The number of carbonyl (C=O) groups excluding carboxylic acids is 1. The first kappa shape index (κ1) is 16.9. The van der Waals surface area contributed by atoms with Crippen LogP contribution in [0, 0.1) is 13.8 Å². The highest BCUT2D eigenvalue weighted by Crippen LogP contribution is 2.16. The monoisotopic (exact) mass is 341 g/mol. The van der Waals surface area contributed by atoms with Crippen LogP contribution in [0.2, 0.25) is 0 Å². The normalized spacial score (nSPS) is 11.0. The van der Waals surface area contributed by atoms with Crippen molar-refractivity contribution in [1.29, 1.82) is 0 Å². The Morgan fingerprint density at radius 1 is 1.08 bits per heavy atom. The lowest BCUT2D eigenvalue weighted by Crippen LogP contribution is -2.14. The maximum absolute atomic E-state index is 12.6. The van der Waals surface area contributed by atoms with Crippen molar-refractivity contribution < 1.29 is 4.79 Å². The molecule has 3 rings (SSSR count). The van der Waals surface area contributed by atoms with E-state index >= 15 is 0 Å². The molecule has 3 aromatic rings. The Kier molecular flexibility index (Phi) is 4.69. The second kappa shape index (κ2) is 6.92. The van der Waals surface area contributed by atoms with Crippen molar-refractivity contribution in [3.8, 4) is 0 Å². The van der Waals surface area contributed by atoms with Crippen molar-refractivity contribution in [3.63, 3.8) is 0 Å². The van der Waals surface area contributed by atoms with E-state index in [1.54, 1.807) is 10.9 Å². The zero-order valence-corrected chi connectivity index (χ0v) is 15.0. The van der Waals surface area contributed by atoms with Gasteiger partial charge in [-0.3, -0.25) is 18.8 Å². The Hall–Kier alpha value is -2.90. The van der Waals surface area contributed by atoms with Crippen LogP contribution in [0.1, 0.15) is 41.2 Å². The minimum Gasteiger partial charge on any atom is -0.319 e. The van der Waals surface area contributed by atoms with Gasteiger partial charge in [0.15, 0.2) is 0 Å². The Bertz CT molecular complexity index is 887. The Morgan fingerprint density at radius 3 is 2.48 bits per heavy atom. The summed E-state index contributed by atoms with van der Waals surface area (Å²) in [7, 11) is 0. The predicted octanol–water partition coefficient (Wildman–Crippen LogP) is 2.23. The molecule has 132 valence electrons. The molecule has 0 atom stereocenters. The maximum Gasteiger partial charge on any atom is 0.259 e. The summed E-state index contributed by atoms with van der Waals surface area (Å²) >= 11 is 0. The molecule has 0 radical (unpaired) electrons. The number of hydrogen-bond acceptors (Lipinski definition) is 4. The average Bonchev–Trinajstić information content (AvgIpc) is 3.28. The summed E-state index contributed by atoms with van der Waals surface area (Å²) in [5.41, 5.74) is 3.96. The molecule has 8 nitrogen and oxygen atoms in total. The Morgan fingerprint density at radius 2 is 1.84 bits per heavy atom. The maximum atomic E-state index is 12.6. The van der Waals surface area contributed by atoms with Gasteiger partial charge in [-0.1, -0.05) is 0 Å². The SMILES string of the molecule is CCn1cc(Cn2cc(NC(=O)c3c(C)nn(CC)c3C)cn2)cn1. The van der Waals surface area contributed by atoms with Crippen LogP contribution in [0.25, 0.3) is 0 Å². The van der Waals surface area contributed by atoms with E-state index in [4.69, 9.17) is 0 Å². The quantitative estimate of drug-likeness (QED) is 0.745. The minimum atomic E-state index is -0.159. The molecule has 1 N–H and O–H groups in total. The summed E-state index contributed by atoms with van der Waals surface area (Å²) in [4.78, 5) is 12.6. The molecule has 8 heteroatoms. The third kappa shape index (κ3) is 3.47. The summed E-state index contributed by atoms with van der Waals surface area (Å²) in [6.45, 7) is 10.0. The number of anilines is 1. The van der Waals surface area contributed by atoms with E-state index < -0.39 is 0 Å². The van der Waals surface area contributed by atoms with Crippen LogP contribution in [0.15, 0.2) is 24.8 Å². The molecule has 0 saturated heterocycles. The molecule has 0 aliphatic carbocycles. The summed E-state index contributed by atoms with van der Waals surface area (Å²) < 4.78 is 5.49. The van der Waals surface area contributed by atoms with Gasteiger partial charge in [0.2, 0.25) is 0 Å². The van der Waals surface area contributed by atoms with Gasteiger partial charge < -0.3 is 5.32 Å². The number of amides is 1. The van der Waals surface area contributed by atoms with Crippen molar-refractivity contribution in [3.05, 3.63) is 47.3 Å². The van der Waals surface area contributed by atoms with Crippen LogP contribution < -0.4 is 5.32 Å². The molecule has 0 aliphatic rings. The molecule has 1 amide bonds. The van der Waals surface area contributed by atoms with Gasteiger partial charge in [0.05, 0.1) is 35.9 Å². The summed E-state index contributed by atoms with van der Waals surface area (Å²) in [5, 5.41) is 15.8. The average molecular weight is 341 g/mol. The number of hydrogen-bond donors (Lipinski definition) is 1. The zero-order chi connectivity index (χ0) is 18.0. The number of rotatable bonds is 6. The summed E-state index contributed by atoms with van der Waals surface area (Å²) in [6.07, 6.45) is 7.29. The number of nitrogens with zero attached hydrogens (tertiary/aromatic N) is 6. The van der Waals surface area contributed by atoms with E-state index in [0.29, 0.717) is 17.8 Å². The van der Waals surface area contributed by atoms with E-state index in [0.717, 1.165) is 30.0 Å². The van der Waals surface area contributed by atoms with E-state index in [1.165, 1.54) is 0 Å². The van der Waals surface area contributed by atoms with Crippen LogP contribution in [0.4, 0.5) is 5.69 Å². The smallest absolute Gasteiger partial charge is 0.259 e. The van der Waals surface area contributed by atoms with Crippen LogP contribution in [0.5, 0.6) is 0 Å². The molecule has 25 heavy (non-hydrogen) atoms. The minimum absolute atomic E-state index is 0.159. The molecule has 0 aliphatic heterocycles. The second-order valence-corrected chi connectivity index (χ2v) is 5.95. The van der Waals surface area contributed by atoms with Crippen molar-refractivity contribution in [2.45, 2.75) is 47.3 Å². The summed E-state index contributed by atoms with van der Waals surface area (Å²) in [6, 6.07) is 0. The van der Waals surface area contributed by atoms with Crippen molar-refractivity contribution in [1.82, 2.24) is 29.3 Å². The third-order valence-electron chi connectivity index (χ3n) is 4.15. The fourth-order valence-electron chi connectivity index (χ4n) is 2.89. The topological polar surface area (TPSA) is 82.6 Å². The molecular formula is C17H23N7O. The highest BCUT2D eigenvalue weighted by atomic mass is 16.1. The van der Waals surface area contributed by atoms with E-state index in [1.807, 2.05) is 55.6 Å². The van der Waals surface area contributed by atoms with Gasteiger partial charge in [0.1, 0.15) is 0 Å². The van der Waals surface area contributed by atoms with Gasteiger partial charge in [-0.25, -0.2) is 0 Å². The first-order valence-corrected chi connectivity index (χ1v) is 8.41. The van der Waals surface area contributed by atoms with Crippen molar-refractivity contribution in [2.75, 3.05) is 5.32 Å². The largest absolute Gasteiger partial charge is 0.319 e. The zero-order valence-electron chi connectivity index (χ0n) is 15.0. The predicted molar refractivity (Wildman–Crippen MR) is 94.6 cm³/mol. The molecule has 0 spiro atoms. The van der Waals surface area contributed by atoms with Gasteiger partial charge in [-0.05, 0) is 27.7 Å². The fraction of sp³-hybridized carbons (Fsp3) is 0.412. The standard InChI is InChI=1S/C17H23N7O/c1-5-22-9-14(7-18-22)10-23-11-15(8-19-23)20-17(25)16-12(3)21-24(6-2)13(16)4/h7-9,11H,5-6,10H2,1-4H3,(H,20,25). The lowest BCUT2D eigenvalue weighted by Gasteiger charge is -2.03. The molecule has 3 heterocycles. The van der Waals surface area contributed by atoms with Crippen LogP contribution in [0.3, 0.4) is 0 Å². The van der Waals surface area contributed by atoms with Crippen LogP contribution in [-0.2, 0) is 19.6 Å². The highest BCUT2D eigenvalue weighted by Gasteiger charge is 2.18. The first-order chi connectivity index (χ1) is 12.0. The number of aromatic nitrogens is 6. The molecule has 0 bridgehead atoms. The van der Waals surface area contributed by atoms with Crippen LogP contribution >= 0.6 is 0 Å². The second-order valence-electron chi connectivity index (χ2n) is 5.95. The highest BCUT2D eigenvalue weighted by molar-refractivity contribution is 6.05. The number of carbonyl (C=O) groups is 1. The number of aryl methyl sites for hydroxylation is 3. The molecular weight excluding hydrogens is 318 g/mol. The van der Waals surface area contributed by atoms with Gasteiger partial charge >= 0.3 is 0 Å². The molecule has 0 saturated carbocycles. The van der Waals surface area contributed by atoms with E-state index in [-0.39, 0.29) is 5.91 Å². The van der Waals surface area contributed by atoms with Gasteiger partial charge in [-0.15, -0.1) is 0 Å². The van der Waals surface area contributed by atoms with E-state index in [2.05, 4.69) is 20.6 Å². The van der Waals surface area contributed by atoms with Crippen molar-refractivity contribution >= 4 is 11.6 Å². The summed E-state index contributed by atoms with van der Waals surface area (Å²) in [5.74, 6) is -0.159. The van der Waals surface area contributed by atoms with Gasteiger partial charge in [-0.2, -0.15) is 15.3 Å². The fourth-order valence-corrected chi connectivity index (χ4v) is 2.89. The van der Waals surface area contributed by atoms with Gasteiger partial charge in [0.25, 0.3) is 5.91 Å². The lowest BCUT2D eigenvalue weighted by molar-refractivity contribution is 0.102. The van der Waals surface area contributed by atoms with Gasteiger partial charge in [0, 0.05) is 36.7 Å². The van der Waals surface area contributed by atoms with E-state index in [9.17, 15) is 4.79 Å².